The summed E-state index contributed by atoms with van der Waals surface area (Å²) in [5, 5.41) is 9.11. The Hall–Kier alpha value is -3.09. The fraction of sp³-hybridized carbons (Fsp3) is 0.263. The van der Waals surface area contributed by atoms with Crippen LogP contribution in [-0.4, -0.2) is 26.0 Å². The average Bonchev–Trinajstić information content (AvgIpc) is 2.63. The molecule has 0 saturated heterocycles. The first-order chi connectivity index (χ1) is 12.5. The molecule has 0 unspecified atom stereocenters. The fourth-order valence-corrected chi connectivity index (χ4v) is 2.35. The van der Waals surface area contributed by atoms with E-state index in [0.29, 0.717) is 30.5 Å². The lowest BCUT2D eigenvalue weighted by Gasteiger charge is -2.14. The zero-order valence-corrected chi connectivity index (χ0v) is 15.1. The summed E-state index contributed by atoms with van der Waals surface area (Å²) >= 11 is 0. The molecule has 0 heterocycles. The van der Waals surface area contributed by atoms with Crippen LogP contribution < -0.4 is 20.7 Å². The molecular formula is C19H23FN4O2. The van der Waals surface area contributed by atoms with Gasteiger partial charge in [-0.15, -0.1) is 0 Å². The summed E-state index contributed by atoms with van der Waals surface area (Å²) in [7, 11) is 3.23. The van der Waals surface area contributed by atoms with E-state index >= 15 is 0 Å². The van der Waals surface area contributed by atoms with E-state index in [1.165, 1.54) is 19.1 Å². The van der Waals surface area contributed by atoms with Crippen molar-refractivity contribution in [3.8, 4) is 5.75 Å². The van der Waals surface area contributed by atoms with E-state index in [2.05, 4.69) is 20.9 Å². The summed E-state index contributed by atoms with van der Waals surface area (Å²) in [6, 6.07) is 11.8. The van der Waals surface area contributed by atoms with Crippen LogP contribution in [0.1, 0.15) is 18.1 Å². The van der Waals surface area contributed by atoms with Gasteiger partial charge in [0.05, 0.1) is 12.8 Å². The van der Waals surface area contributed by atoms with Crippen molar-refractivity contribution >= 4 is 17.6 Å². The maximum absolute atomic E-state index is 12.9. The lowest BCUT2D eigenvalue weighted by Crippen LogP contribution is -2.36. The number of nitrogens with zero attached hydrogens (tertiary/aromatic N) is 1. The van der Waals surface area contributed by atoms with Crippen LogP contribution in [0.3, 0.4) is 0 Å². The number of ether oxygens (including phenoxy) is 1. The first kappa shape index (κ1) is 19.2. The zero-order chi connectivity index (χ0) is 18.9. The fourth-order valence-electron chi connectivity index (χ4n) is 2.35. The van der Waals surface area contributed by atoms with Crippen molar-refractivity contribution in [1.29, 1.82) is 0 Å². The molecule has 0 aromatic heterocycles. The van der Waals surface area contributed by atoms with Crippen LogP contribution >= 0.6 is 0 Å². The summed E-state index contributed by atoms with van der Waals surface area (Å²) < 4.78 is 18.2. The molecule has 0 aliphatic carbocycles. The highest BCUT2D eigenvalue weighted by Crippen LogP contribution is 2.25. The number of methoxy groups -OCH3 is 1. The highest BCUT2D eigenvalue weighted by molar-refractivity contribution is 5.90. The van der Waals surface area contributed by atoms with Gasteiger partial charge in [0.25, 0.3) is 0 Å². The number of hydrogen-bond acceptors (Lipinski definition) is 3. The molecule has 0 bridgehead atoms. The molecule has 7 heteroatoms. The Morgan fingerprint density at radius 3 is 2.27 bits per heavy atom. The number of guanidine groups is 1. The number of aliphatic imine (C=N–C) groups is 1. The van der Waals surface area contributed by atoms with Crippen molar-refractivity contribution in [3.05, 3.63) is 59.4 Å². The third-order valence-electron chi connectivity index (χ3n) is 3.63. The van der Waals surface area contributed by atoms with Gasteiger partial charge in [0.15, 0.2) is 5.96 Å². The average molecular weight is 358 g/mol. The van der Waals surface area contributed by atoms with Crippen LogP contribution in [0.25, 0.3) is 0 Å². The Balaban J connectivity index is 1.95. The normalized spacial score (nSPS) is 11.0. The Morgan fingerprint density at radius 1 is 1.08 bits per heavy atom. The lowest BCUT2D eigenvalue weighted by molar-refractivity contribution is -0.114. The molecule has 0 aliphatic heterocycles. The summed E-state index contributed by atoms with van der Waals surface area (Å²) in [5.41, 5.74) is 2.53. The Labute approximate surface area is 152 Å². The van der Waals surface area contributed by atoms with E-state index in [1.54, 1.807) is 32.4 Å². The lowest BCUT2D eigenvalue weighted by atomic mass is 10.2. The predicted octanol–water partition coefficient (Wildman–Crippen LogP) is 2.66. The molecule has 0 aliphatic rings. The maximum Gasteiger partial charge on any atom is 0.221 e. The van der Waals surface area contributed by atoms with Crippen molar-refractivity contribution in [2.24, 2.45) is 4.99 Å². The van der Waals surface area contributed by atoms with Gasteiger partial charge in [0.1, 0.15) is 11.6 Å². The quantitative estimate of drug-likeness (QED) is 0.548. The molecule has 138 valence electrons. The summed E-state index contributed by atoms with van der Waals surface area (Å²) in [4.78, 5) is 15.5. The first-order valence-electron chi connectivity index (χ1n) is 8.15. The van der Waals surface area contributed by atoms with E-state index in [0.717, 1.165) is 11.1 Å². The number of anilines is 1. The number of carbonyl (C=O) groups is 1. The van der Waals surface area contributed by atoms with Gasteiger partial charge in [-0.1, -0.05) is 18.2 Å². The third kappa shape index (κ3) is 5.77. The standard InChI is InChI=1S/C19H23FN4O2/c1-13(25)24-17-10-15(6-9-18(17)26-3)12-23-19(21-2)22-11-14-4-7-16(20)8-5-14/h4-10H,11-12H2,1-3H3,(H,24,25)(H2,21,22,23). The molecule has 2 aromatic rings. The maximum atomic E-state index is 12.9. The number of amides is 1. The number of nitrogens with one attached hydrogen (secondary N) is 3. The second-order valence-corrected chi connectivity index (χ2v) is 5.62. The van der Waals surface area contributed by atoms with Gasteiger partial charge < -0.3 is 20.7 Å². The highest BCUT2D eigenvalue weighted by Gasteiger charge is 2.07. The molecule has 2 aromatic carbocycles. The molecule has 0 fully saturated rings. The van der Waals surface area contributed by atoms with Crippen molar-refractivity contribution in [1.82, 2.24) is 10.6 Å². The Morgan fingerprint density at radius 2 is 1.69 bits per heavy atom. The smallest absolute Gasteiger partial charge is 0.221 e. The number of benzene rings is 2. The molecule has 1 amide bonds. The Bertz CT molecular complexity index is 776. The number of rotatable bonds is 6. The molecule has 6 nitrogen and oxygen atoms in total. The third-order valence-corrected chi connectivity index (χ3v) is 3.63. The van der Waals surface area contributed by atoms with Gasteiger partial charge in [-0.2, -0.15) is 0 Å². The molecular weight excluding hydrogens is 335 g/mol. The first-order valence-corrected chi connectivity index (χ1v) is 8.15. The van der Waals surface area contributed by atoms with Gasteiger partial charge in [-0.25, -0.2) is 4.39 Å². The minimum atomic E-state index is -0.259. The second kappa shape index (κ2) is 9.41. The highest BCUT2D eigenvalue weighted by atomic mass is 19.1. The van der Waals surface area contributed by atoms with E-state index in [4.69, 9.17) is 4.74 Å². The molecule has 3 N–H and O–H groups in total. The molecule has 0 saturated carbocycles. The number of carbonyl (C=O) groups excluding carboxylic acids is 1. The van der Waals surface area contributed by atoms with Crippen LogP contribution in [0.5, 0.6) is 5.75 Å². The van der Waals surface area contributed by atoms with Gasteiger partial charge in [-0.05, 0) is 35.4 Å². The summed E-state index contributed by atoms with van der Waals surface area (Å²) in [6.07, 6.45) is 0. The summed E-state index contributed by atoms with van der Waals surface area (Å²) in [6.45, 7) is 2.49. The van der Waals surface area contributed by atoms with E-state index in [-0.39, 0.29) is 11.7 Å². The zero-order valence-electron chi connectivity index (χ0n) is 15.1. The van der Waals surface area contributed by atoms with Crippen molar-refractivity contribution in [2.75, 3.05) is 19.5 Å². The van der Waals surface area contributed by atoms with E-state index < -0.39 is 0 Å². The van der Waals surface area contributed by atoms with Crippen molar-refractivity contribution in [2.45, 2.75) is 20.0 Å². The van der Waals surface area contributed by atoms with Crippen LogP contribution in [0.2, 0.25) is 0 Å². The van der Waals surface area contributed by atoms with Crippen LogP contribution in [0.15, 0.2) is 47.5 Å². The van der Waals surface area contributed by atoms with Gasteiger partial charge in [0, 0.05) is 27.1 Å². The number of hydrogen-bond donors (Lipinski definition) is 3. The van der Waals surface area contributed by atoms with E-state index in [9.17, 15) is 9.18 Å². The van der Waals surface area contributed by atoms with Crippen LogP contribution in [-0.2, 0) is 17.9 Å². The SMILES string of the molecule is CN=C(NCc1ccc(F)cc1)NCc1ccc(OC)c(NC(C)=O)c1. The Kier molecular flexibility index (Phi) is 6.96. The van der Waals surface area contributed by atoms with Crippen molar-refractivity contribution < 1.29 is 13.9 Å². The van der Waals surface area contributed by atoms with Crippen molar-refractivity contribution in [3.63, 3.8) is 0 Å². The topological polar surface area (TPSA) is 74.8 Å². The van der Waals surface area contributed by atoms with Crippen LogP contribution in [0.4, 0.5) is 10.1 Å². The predicted molar refractivity (Wildman–Crippen MR) is 101 cm³/mol. The van der Waals surface area contributed by atoms with Gasteiger partial charge >= 0.3 is 0 Å². The largest absolute Gasteiger partial charge is 0.495 e. The monoisotopic (exact) mass is 358 g/mol. The second-order valence-electron chi connectivity index (χ2n) is 5.62. The minimum Gasteiger partial charge on any atom is -0.495 e. The van der Waals surface area contributed by atoms with E-state index in [1.807, 2.05) is 12.1 Å². The van der Waals surface area contributed by atoms with Gasteiger partial charge in [0.2, 0.25) is 5.91 Å². The van der Waals surface area contributed by atoms with Crippen LogP contribution in [0, 0.1) is 5.82 Å². The molecule has 2 rings (SSSR count). The summed E-state index contributed by atoms with van der Waals surface area (Å²) in [5.74, 6) is 0.796. The molecule has 0 spiro atoms. The molecule has 0 radical (unpaired) electrons. The van der Waals surface area contributed by atoms with Gasteiger partial charge in [-0.3, -0.25) is 9.79 Å². The molecule has 0 atom stereocenters. The number of halogens is 1. The molecule has 26 heavy (non-hydrogen) atoms. The minimum absolute atomic E-state index is 0.162.